The highest BCUT2D eigenvalue weighted by molar-refractivity contribution is 5.93. The summed E-state index contributed by atoms with van der Waals surface area (Å²) in [6.45, 7) is 7.80. The molecule has 0 aliphatic carbocycles. The molecule has 2 N–H and O–H groups in total. The predicted octanol–water partition coefficient (Wildman–Crippen LogP) is 2.68. The van der Waals surface area contributed by atoms with E-state index in [1.54, 1.807) is 11.6 Å². The number of hydrogen-bond donors (Lipinski definition) is 2. The number of carbonyl (C=O) groups excluding carboxylic acids is 1. The Morgan fingerprint density at radius 2 is 1.96 bits per heavy atom. The number of hydrogen-bond acceptors (Lipinski definition) is 4. The number of aromatic nitrogens is 3. The van der Waals surface area contributed by atoms with Gasteiger partial charge in [-0.25, -0.2) is 14.5 Å². The molecular weight excluding hydrogens is 320 g/mol. The van der Waals surface area contributed by atoms with Crippen molar-refractivity contribution in [1.82, 2.24) is 20.1 Å². The topological polar surface area (TPSA) is 97.1 Å². The largest absolute Gasteiger partial charge is 0.480 e. The summed E-state index contributed by atoms with van der Waals surface area (Å²) >= 11 is 0. The summed E-state index contributed by atoms with van der Waals surface area (Å²) in [6, 6.07) is 6.87. The van der Waals surface area contributed by atoms with E-state index in [2.05, 4.69) is 29.2 Å². The second-order valence-corrected chi connectivity index (χ2v) is 6.26. The number of para-hydroxylation sites is 1. The smallest absolute Gasteiger partial charge is 0.326 e. The van der Waals surface area contributed by atoms with Crippen LogP contribution in [0.15, 0.2) is 24.3 Å². The summed E-state index contributed by atoms with van der Waals surface area (Å²) < 4.78 is 1.62. The number of nitrogens with one attached hydrogen (secondary N) is 1. The molecule has 1 aromatic carbocycles. The highest BCUT2D eigenvalue weighted by atomic mass is 16.4. The number of amides is 1. The van der Waals surface area contributed by atoms with Crippen LogP contribution in [0.3, 0.4) is 0 Å². The van der Waals surface area contributed by atoms with Crippen molar-refractivity contribution in [3.63, 3.8) is 0 Å². The van der Waals surface area contributed by atoms with Gasteiger partial charge in [-0.05, 0) is 30.9 Å². The van der Waals surface area contributed by atoms with E-state index in [0.717, 1.165) is 11.3 Å². The molecule has 134 valence electrons. The number of carboxylic acids is 1. The Bertz CT molecular complexity index is 767. The Labute approximate surface area is 147 Å². The second kappa shape index (κ2) is 7.92. The van der Waals surface area contributed by atoms with Gasteiger partial charge in [0.2, 0.25) is 5.82 Å². The van der Waals surface area contributed by atoms with E-state index in [4.69, 9.17) is 0 Å². The zero-order valence-electron chi connectivity index (χ0n) is 15.0. The third kappa shape index (κ3) is 4.23. The maximum absolute atomic E-state index is 12.3. The van der Waals surface area contributed by atoms with Crippen molar-refractivity contribution in [1.29, 1.82) is 0 Å². The van der Waals surface area contributed by atoms with Crippen LogP contribution >= 0.6 is 0 Å². The van der Waals surface area contributed by atoms with Gasteiger partial charge in [0.1, 0.15) is 11.9 Å². The molecule has 0 aliphatic heterocycles. The van der Waals surface area contributed by atoms with Gasteiger partial charge in [0.15, 0.2) is 0 Å². The molecule has 2 aromatic rings. The van der Waals surface area contributed by atoms with E-state index in [1.807, 2.05) is 31.2 Å². The van der Waals surface area contributed by atoms with E-state index in [0.29, 0.717) is 18.7 Å². The van der Waals surface area contributed by atoms with Crippen molar-refractivity contribution in [2.45, 2.75) is 52.5 Å². The van der Waals surface area contributed by atoms with Gasteiger partial charge >= 0.3 is 5.97 Å². The molecule has 1 heterocycles. The molecule has 7 nitrogen and oxygen atoms in total. The number of aryl methyl sites for hydroxylation is 1. The van der Waals surface area contributed by atoms with Gasteiger partial charge < -0.3 is 10.4 Å². The molecule has 0 fully saturated rings. The van der Waals surface area contributed by atoms with E-state index < -0.39 is 17.9 Å². The van der Waals surface area contributed by atoms with Crippen molar-refractivity contribution >= 4 is 11.9 Å². The summed E-state index contributed by atoms with van der Waals surface area (Å²) in [4.78, 5) is 27.8. The van der Waals surface area contributed by atoms with Crippen LogP contribution in [0.4, 0.5) is 0 Å². The molecule has 1 amide bonds. The van der Waals surface area contributed by atoms with Crippen LogP contribution in [0, 0.1) is 6.92 Å². The van der Waals surface area contributed by atoms with Gasteiger partial charge in [-0.3, -0.25) is 4.79 Å². The number of nitrogens with zero attached hydrogens (tertiary/aromatic N) is 3. The van der Waals surface area contributed by atoms with Crippen molar-refractivity contribution in [2.24, 2.45) is 0 Å². The Balaban J connectivity index is 2.31. The molecule has 0 radical (unpaired) electrons. The average molecular weight is 344 g/mol. The molecule has 1 atom stereocenters. The fraction of sp³-hybridized carbons (Fsp3) is 0.444. The highest BCUT2D eigenvalue weighted by Crippen LogP contribution is 2.23. The van der Waals surface area contributed by atoms with E-state index in [-0.39, 0.29) is 11.7 Å². The van der Waals surface area contributed by atoms with E-state index in [9.17, 15) is 14.7 Å². The minimum absolute atomic E-state index is 0.0292. The van der Waals surface area contributed by atoms with E-state index in [1.165, 1.54) is 0 Å². The first-order valence-corrected chi connectivity index (χ1v) is 8.41. The lowest BCUT2D eigenvalue weighted by Gasteiger charge is -2.13. The fourth-order valence-electron chi connectivity index (χ4n) is 2.65. The quantitative estimate of drug-likeness (QED) is 0.805. The Morgan fingerprint density at radius 1 is 1.28 bits per heavy atom. The molecule has 7 heteroatoms. The van der Waals surface area contributed by atoms with Crippen LogP contribution < -0.4 is 5.32 Å². The van der Waals surface area contributed by atoms with Crippen LogP contribution in [0.2, 0.25) is 0 Å². The molecule has 25 heavy (non-hydrogen) atoms. The maximum Gasteiger partial charge on any atom is 0.326 e. The molecule has 1 unspecified atom stereocenters. The number of carbonyl (C=O) groups is 2. The molecule has 0 spiro atoms. The van der Waals surface area contributed by atoms with Crippen LogP contribution in [-0.4, -0.2) is 37.8 Å². The summed E-state index contributed by atoms with van der Waals surface area (Å²) in [5.41, 5.74) is 1.96. The third-order valence-corrected chi connectivity index (χ3v) is 3.94. The van der Waals surface area contributed by atoms with Crippen LogP contribution in [0.1, 0.15) is 61.5 Å². The zero-order valence-corrected chi connectivity index (χ0v) is 15.0. The van der Waals surface area contributed by atoms with Gasteiger partial charge in [0.05, 0.1) is 5.69 Å². The van der Waals surface area contributed by atoms with Gasteiger partial charge in [0, 0.05) is 0 Å². The molecule has 0 saturated heterocycles. The highest BCUT2D eigenvalue weighted by Gasteiger charge is 2.23. The summed E-state index contributed by atoms with van der Waals surface area (Å²) in [5, 5.41) is 16.0. The second-order valence-electron chi connectivity index (χ2n) is 6.26. The van der Waals surface area contributed by atoms with Gasteiger partial charge in [-0.2, -0.15) is 0 Å². The average Bonchev–Trinajstić information content (AvgIpc) is 2.96. The molecule has 0 saturated carbocycles. The molecule has 1 aromatic heterocycles. The minimum atomic E-state index is -1.06. The Hall–Kier alpha value is -2.70. The number of benzene rings is 1. The van der Waals surface area contributed by atoms with Crippen LogP contribution in [-0.2, 0) is 4.79 Å². The summed E-state index contributed by atoms with van der Waals surface area (Å²) in [7, 11) is 0. The fourth-order valence-corrected chi connectivity index (χ4v) is 2.65. The van der Waals surface area contributed by atoms with Gasteiger partial charge in [-0.1, -0.05) is 45.4 Å². The van der Waals surface area contributed by atoms with Crippen LogP contribution in [0.25, 0.3) is 5.69 Å². The lowest BCUT2D eigenvalue weighted by molar-refractivity contribution is -0.139. The molecule has 2 rings (SSSR count). The molecule has 0 aliphatic rings. The number of rotatable bonds is 7. The summed E-state index contributed by atoms with van der Waals surface area (Å²) in [6.07, 6.45) is 1.01. The van der Waals surface area contributed by atoms with Crippen molar-refractivity contribution in [3.8, 4) is 5.69 Å². The van der Waals surface area contributed by atoms with Crippen molar-refractivity contribution in [3.05, 3.63) is 41.5 Å². The van der Waals surface area contributed by atoms with Gasteiger partial charge in [-0.15, -0.1) is 5.10 Å². The first-order chi connectivity index (χ1) is 11.8. The first kappa shape index (κ1) is 18.6. The maximum atomic E-state index is 12.3. The lowest BCUT2D eigenvalue weighted by Crippen LogP contribution is -2.41. The lowest BCUT2D eigenvalue weighted by atomic mass is 10.0. The third-order valence-electron chi connectivity index (χ3n) is 3.94. The Kier molecular flexibility index (Phi) is 5.90. The normalized spacial score (nSPS) is 12.2. The Morgan fingerprint density at radius 3 is 2.56 bits per heavy atom. The standard InChI is InChI=1S/C18H24N4O3/c1-5-8-14(18(24)25)20-17(23)16-19-12(4)22(21-16)15-10-7-6-9-13(15)11(2)3/h6-7,9-11,14H,5,8H2,1-4H3,(H,20,23)(H,24,25). The molecule has 0 bridgehead atoms. The minimum Gasteiger partial charge on any atom is -0.480 e. The van der Waals surface area contributed by atoms with Crippen LogP contribution in [0.5, 0.6) is 0 Å². The number of aliphatic carboxylic acids is 1. The zero-order chi connectivity index (χ0) is 18.6. The number of carboxylic acid groups (broad SMARTS) is 1. The first-order valence-electron chi connectivity index (χ1n) is 8.41. The van der Waals surface area contributed by atoms with Gasteiger partial charge in [0.25, 0.3) is 5.91 Å². The predicted molar refractivity (Wildman–Crippen MR) is 94.0 cm³/mol. The SMILES string of the molecule is CCCC(NC(=O)c1nc(C)n(-c2ccccc2C(C)C)n1)C(=O)O. The van der Waals surface area contributed by atoms with E-state index >= 15 is 0 Å². The molecular formula is C18H24N4O3. The van der Waals surface area contributed by atoms with Crippen molar-refractivity contribution in [2.75, 3.05) is 0 Å². The summed E-state index contributed by atoms with van der Waals surface area (Å²) in [5.74, 6) is -0.807. The monoisotopic (exact) mass is 344 g/mol. The van der Waals surface area contributed by atoms with Crippen molar-refractivity contribution < 1.29 is 14.7 Å².